The van der Waals surface area contributed by atoms with Gasteiger partial charge >= 0.3 is 6.18 Å². The van der Waals surface area contributed by atoms with Crippen molar-refractivity contribution in [1.29, 1.82) is 0 Å². The molecular formula is C20H27F3N2O3. The van der Waals surface area contributed by atoms with Gasteiger partial charge in [0.05, 0.1) is 12.5 Å². The van der Waals surface area contributed by atoms with Gasteiger partial charge in [-0.1, -0.05) is 30.3 Å². The maximum absolute atomic E-state index is 12.8. The molecule has 2 aliphatic heterocycles. The molecule has 0 radical (unpaired) electrons. The second-order valence-corrected chi connectivity index (χ2v) is 7.97. The molecule has 5 nitrogen and oxygen atoms in total. The van der Waals surface area contributed by atoms with Crippen LogP contribution in [0, 0.1) is 5.92 Å². The number of rotatable bonds is 5. The van der Waals surface area contributed by atoms with Crippen LogP contribution in [0.4, 0.5) is 13.2 Å². The first-order valence-corrected chi connectivity index (χ1v) is 9.68. The van der Waals surface area contributed by atoms with Gasteiger partial charge in [0.2, 0.25) is 5.91 Å². The molecule has 2 atom stereocenters. The van der Waals surface area contributed by atoms with E-state index in [2.05, 4.69) is 0 Å². The predicted molar refractivity (Wildman–Crippen MR) is 97.5 cm³/mol. The van der Waals surface area contributed by atoms with Crippen molar-refractivity contribution >= 4 is 5.91 Å². The van der Waals surface area contributed by atoms with E-state index in [0.29, 0.717) is 6.42 Å². The van der Waals surface area contributed by atoms with Gasteiger partial charge in [-0.3, -0.25) is 4.79 Å². The maximum Gasteiger partial charge on any atom is 0.391 e. The fourth-order valence-electron chi connectivity index (χ4n) is 4.08. The van der Waals surface area contributed by atoms with Crippen molar-refractivity contribution in [2.24, 2.45) is 5.92 Å². The third kappa shape index (κ3) is 5.04. The SMILES string of the molecule is O=C(CCc1ccccc1)N1C[C@@H](O)[C@](O)(CN2CCC(C(F)(F)F)CC2)C1. The summed E-state index contributed by atoms with van der Waals surface area (Å²) in [5.74, 6) is -1.45. The number of hydrogen-bond donors (Lipinski definition) is 2. The Bertz CT molecular complexity index is 662. The molecule has 156 valence electrons. The summed E-state index contributed by atoms with van der Waals surface area (Å²) < 4.78 is 38.4. The number of hydrogen-bond acceptors (Lipinski definition) is 4. The summed E-state index contributed by atoms with van der Waals surface area (Å²) in [6.07, 6.45) is -4.43. The van der Waals surface area contributed by atoms with Crippen molar-refractivity contribution in [3.8, 4) is 0 Å². The van der Waals surface area contributed by atoms with E-state index in [0.717, 1.165) is 5.56 Å². The van der Waals surface area contributed by atoms with E-state index in [1.807, 2.05) is 30.3 Å². The van der Waals surface area contributed by atoms with E-state index < -0.39 is 23.8 Å². The summed E-state index contributed by atoms with van der Waals surface area (Å²) in [5, 5.41) is 21.1. The number of carbonyl (C=O) groups is 1. The van der Waals surface area contributed by atoms with Gasteiger partial charge < -0.3 is 20.0 Å². The molecular weight excluding hydrogens is 373 g/mol. The minimum absolute atomic E-state index is 0.000981. The number of β-amino-alcohol motifs (C(OH)–C–C–N with tert-alkyl or cyclic N) is 2. The highest BCUT2D eigenvalue weighted by Gasteiger charge is 2.48. The van der Waals surface area contributed by atoms with E-state index in [-0.39, 0.29) is 57.9 Å². The molecule has 0 saturated carbocycles. The van der Waals surface area contributed by atoms with Crippen LogP contribution in [0.1, 0.15) is 24.8 Å². The molecule has 8 heteroatoms. The highest BCUT2D eigenvalue weighted by Crippen LogP contribution is 2.35. The smallest absolute Gasteiger partial charge is 0.388 e. The Morgan fingerprint density at radius 2 is 1.82 bits per heavy atom. The fourth-order valence-corrected chi connectivity index (χ4v) is 4.08. The van der Waals surface area contributed by atoms with E-state index in [1.165, 1.54) is 4.90 Å². The van der Waals surface area contributed by atoms with E-state index in [4.69, 9.17) is 0 Å². The lowest BCUT2D eigenvalue weighted by molar-refractivity contribution is -0.186. The Labute approximate surface area is 162 Å². The van der Waals surface area contributed by atoms with Gasteiger partial charge in [0.15, 0.2) is 0 Å². The number of aliphatic hydroxyl groups excluding tert-OH is 1. The largest absolute Gasteiger partial charge is 0.391 e. The number of likely N-dealkylation sites (tertiary alicyclic amines) is 2. The summed E-state index contributed by atoms with van der Waals surface area (Å²) in [7, 11) is 0. The number of amides is 1. The number of halogens is 3. The third-order valence-electron chi connectivity index (χ3n) is 5.85. The molecule has 0 aromatic heterocycles. The molecule has 1 aromatic carbocycles. The van der Waals surface area contributed by atoms with E-state index >= 15 is 0 Å². The van der Waals surface area contributed by atoms with Crippen LogP contribution < -0.4 is 0 Å². The topological polar surface area (TPSA) is 64.0 Å². The zero-order valence-corrected chi connectivity index (χ0v) is 15.7. The Hall–Kier alpha value is -1.64. The first-order valence-electron chi connectivity index (χ1n) is 9.68. The summed E-state index contributed by atoms with van der Waals surface area (Å²) in [6.45, 7) is 0.563. The van der Waals surface area contributed by atoms with Crippen LogP contribution in [0.2, 0.25) is 0 Å². The Morgan fingerprint density at radius 1 is 1.18 bits per heavy atom. The van der Waals surface area contributed by atoms with Gasteiger partial charge in [0.1, 0.15) is 11.7 Å². The first-order chi connectivity index (χ1) is 13.2. The van der Waals surface area contributed by atoms with E-state index in [9.17, 15) is 28.2 Å². The van der Waals surface area contributed by atoms with Gasteiger partial charge in [0, 0.05) is 19.5 Å². The molecule has 0 aliphatic carbocycles. The number of benzene rings is 1. The maximum atomic E-state index is 12.8. The zero-order valence-electron chi connectivity index (χ0n) is 15.7. The van der Waals surface area contributed by atoms with Crippen molar-refractivity contribution in [3.63, 3.8) is 0 Å². The summed E-state index contributed by atoms with van der Waals surface area (Å²) in [6, 6.07) is 9.58. The second-order valence-electron chi connectivity index (χ2n) is 7.97. The quantitative estimate of drug-likeness (QED) is 0.792. The summed E-state index contributed by atoms with van der Waals surface area (Å²) in [4.78, 5) is 15.7. The highest BCUT2D eigenvalue weighted by atomic mass is 19.4. The minimum Gasteiger partial charge on any atom is -0.388 e. The fraction of sp³-hybridized carbons (Fsp3) is 0.650. The van der Waals surface area contributed by atoms with Crippen LogP contribution in [-0.4, -0.2) is 76.5 Å². The van der Waals surface area contributed by atoms with Crippen molar-refractivity contribution < 1.29 is 28.2 Å². The lowest BCUT2D eigenvalue weighted by Gasteiger charge is -2.37. The minimum atomic E-state index is -4.18. The average Bonchev–Trinajstić information content (AvgIpc) is 2.95. The molecule has 2 heterocycles. The second kappa shape index (κ2) is 8.39. The molecule has 1 aromatic rings. The monoisotopic (exact) mass is 400 g/mol. The molecule has 3 rings (SSSR count). The third-order valence-corrected chi connectivity index (χ3v) is 5.85. The Kier molecular flexibility index (Phi) is 6.31. The zero-order chi connectivity index (χ0) is 20.4. The van der Waals surface area contributed by atoms with E-state index in [1.54, 1.807) is 4.90 Å². The van der Waals surface area contributed by atoms with Crippen LogP contribution in [0.5, 0.6) is 0 Å². The van der Waals surface area contributed by atoms with Gasteiger partial charge in [-0.25, -0.2) is 0 Å². The van der Waals surface area contributed by atoms with Gasteiger partial charge in [-0.15, -0.1) is 0 Å². The number of nitrogens with zero attached hydrogens (tertiary/aromatic N) is 2. The van der Waals surface area contributed by atoms with Crippen LogP contribution in [-0.2, 0) is 11.2 Å². The number of alkyl halides is 3. The highest BCUT2D eigenvalue weighted by molar-refractivity contribution is 5.77. The lowest BCUT2D eigenvalue weighted by Crippen LogP contribution is -2.53. The van der Waals surface area contributed by atoms with Crippen LogP contribution in [0.25, 0.3) is 0 Å². The number of carbonyl (C=O) groups excluding carboxylic acids is 1. The number of piperidine rings is 1. The van der Waals surface area contributed by atoms with Gasteiger partial charge in [0.25, 0.3) is 0 Å². The first kappa shape index (κ1) is 21.1. The van der Waals surface area contributed by atoms with Crippen molar-refractivity contribution in [3.05, 3.63) is 35.9 Å². The molecule has 2 N–H and O–H groups in total. The van der Waals surface area contributed by atoms with Crippen molar-refractivity contribution in [2.75, 3.05) is 32.7 Å². The van der Waals surface area contributed by atoms with Crippen LogP contribution >= 0.6 is 0 Å². The summed E-state index contributed by atoms with van der Waals surface area (Å²) in [5.41, 5.74) is -0.466. The molecule has 2 aliphatic rings. The molecule has 0 unspecified atom stereocenters. The normalized spacial score (nSPS) is 27.3. The van der Waals surface area contributed by atoms with Gasteiger partial charge in [-0.05, 0) is 37.9 Å². The Morgan fingerprint density at radius 3 is 2.43 bits per heavy atom. The molecule has 1 amide bonds. The molecule has 28 heavy (non-hydrogen) atoms. The van der Waals surface area contributed by atoms with Crippen LogP contribution in [0.3, 0.4) is 0 Å². The van der Waals surface area contributed by atoms with Crippen molar-refractivity contribution in [2.45, 2.75) is 43.6 Å². The average molecular weight is 400 g/mol. The lowest BCUT2D eigenvalue weighted by atomic mass is 9.93. The number of aryl methyl sites for hydroxylation is 1. The van der Waals surface area contributed by atoms with Crippen LogP contribution in [0.15, 0.2) is 30.3 Å². The Balaban J connectivity index is 1.50. The molecule has 2 saturated heterocycles. The number of aliphatic hydroxyl groups is 2. The van der Waals surface area contributed by atoms with Gasteiger partial charge in [-0.2, -0.15) is 13.2 Å². The predicted octanol–water partition coefficient (Wildman–Crippen LogP) is 1.83. The summed E-state index contributed by atoms with van der Waals surface area (Å²) >= 11 is 0. The molecule has 2 fully saturated rings. The van der Waals surface area contributed by atoms with Crippen molar-refractivity contribution in [1.82, 2.24) is 9.80 Å². The molecule has 0 bridgehead atoms. The standard InChI is InChI=1S/C20H27F3N2O3/c21-20(22,23)16-8-10-24(11-9-16)13-19(28)14-25(12-17(19)26)18(27)7-6-15-4-2-1-3-5-15/h1-5,16-17,26,28H,6-14H2/t17-,19+/m1/s1. The molecule has 0 spiro atoms.